The topological polar surface area (TPSA) is 65.4 Å². The lowest BCUT2D eigenvalue weighted by molar-refractivity contribution is 0.416. The zero-order valence-corrected chi connectivity index (χ0v) is 10.5. The molecule has 1 aromatic carbocycles. The molecule has 0 saturated heterocycles. The normalized spacial score (nSPS) is 10.9. The van der Waals surface area contributed by atoms with E-state index in [-0.39, 0.29) is 5.95 Å². The fourth-order valence-electron chi connectivity index (χ4n) is 1.99. The molecule has 0 atom stereocenters. The van der Waals surface area contributed by atoms with E-state index in [1.807, 2.05) is 0 Å². The molecule has 3 rings (SSSR count). The van der Waals surface area contributed by atoms with Crippen LogP contribution < -0.4 is 10.5 Å². The maximum absolute atomic E-state index is 13.3. The van der Waals surface area contributed by atoms with Crippen molar-refractivity contribution in [2.75, 3.05) is 12.8 Å². The van der Waals surface area contributed by atoms with Crippen molar-refractivity contribution < 1.29 is 13.5 Å². The monoisotopic (exact) mass is 276 g/mol. The first-order valence-corrected chi connectivity index (χ1v) is 5.75. The van der Waals surface area contributed by atoms with Crippen LogP contribution in [0.3, 0.4) is 0 Å². The summed E-state index contributed by atoms with van der Waals surface area (Å²) in [5, 5.41) is 4.04. The molecule has 3 aromatic rings. The fourth-order valence-corrected chi connectivity index (χ4v) is 1.99. The summed E-state index contributed by atoms with van der Waals surface area (Å²) in [5.74, 6) is -1.28. The smallest absolute Gasteiger partial charge is 0.240 e. The molecule has 20 heavy (non-hydrogen) atoms. The molecule has 7 heteroatoms. The number of fused-ring (bicyclic) bond motifs is 1. The van der Waals surface area contributed by atoms with Crippen molar-refractivity contribution in [3.63, 3.8) is 0 Å². The molecule has 0 amide bonds. The van der Waals surface area contributed by atoms with Gasteiger partial charge in [-0.3, -0.25) is 0 Å². The molecule has 2 heterocycles. The summed E-state index contributed by atoms with van der Waals surface area (Å²) < 4.78 is 32.9. The molecular weight excluding hydrogens is 266 g/mol. The average molecular weight is 276 g/mol. The average Bonchev–Trinajstić information content (AvgIpc) is 2.82. The lowest BCUT2D eigenvalue weighted by Gasteiger charge is -2.07. The third-order valence-electron chi connectivity index (χ3n) is 2.90. The van der Waals surface area contributed by atoms with Gasteiger partial charge in [-0.2, -0.15) is 4.98 Å². The van der Waals surface area contributed by atoms with E-state index in [1.165, 1.54) is 17.7 Å². The molecule has 0 spiro atoms. The van der Waals surface area contributed by atoms with Crippen LogP contribution in [0.4, 0.5) is 14.7 Å². The molecular formula is C13H10F2N4O. The molecule has 0 bridgehead atoms. The van der Waals surface area contributed by atoms with Crippen LogP contribution in [-0.4, -0.2) is 21.7 Å². The van der Waals surface area contributed by atoms with Gasteiger partial charge in [-0.25, -0.2) is 13.3 Å². The Morgan fingerprint density at radius 1 is 1.15 bits per heavy atom. The number of benzene rings is 1. The number of aromatic nitrogens is 3. The van der Waals surface area contributed by atoms with Gasteiger partial charge in [0.2, 0.25) is 5.95 Å². The van der Waals surface area contributed by atoms with Gasteiger partial charge in [-0.1, -0.05) is 0 Å². The summed E-state index contributed by atoms with van der Waals surface area (Å²) in [6.07, 6.45) is 0. The van der Waals surface area contributed by atoms with Crippen molar-refractivity contribution in [3.8, 4) is 17.0 Å². The third kappa shape index (κ3) is 1.83. The molecule has 0 radical (unpaired) electrons. The van der Waals surface area contributed by atoms with Gasteiger partial charge in [0.05, 0.1) is 12.8 Å². The van der Waals surface area contributed by atoms with Crippen LogP contribution in [0.2, 0.25) is 0 Å². The van der Waals surface area contributed by atoms with Crippen molar-refractivity contribution in [3.05, 3.63) is 42.0 Å². The second-order valence-electron chi connectivity index (χ2n) is 4.12. The quantitative estimate of drug-likeness (QED) is 0.779. The van der Waals surface area contributed by atoms with Crippen LogP contribution in [0, 0.1) is 11.6 Å². The SMILES string of the molecule is COc1ccc(-c2ccc(F)c(F)c2)n2nc(N)nc12. The minimum Gasteiger partial charge on any atom is -0.493 e. The summed E-state index contributed by atoms with van der Waals surface area (Å²) >= 11 is 0. The van der Waals surface area contributed by atoms with Crippen LogP contribution in [0.1, 0.15) is 0 Å². The zero-order valence-electron chi connectivity index (χ0n) is 10.5. The Labute approximate surface area is 112 Å². The predicted molar refractivity (Wildman–Crippen MR) is 69.3 cm³/mol. The summed E-state index contributed by atoms with van der Waals surface area (Å²) in [6, 6.07) is 6.94. The minimum absolute atomic E-state index is 0.0679. The van der Waals surface area contributed by atoms with E-state index >= 15 is 0 Å². The zero-order chi connectivity index (χ0) is 14.3. The Balaban J connectivity index is 2.28. The van der Waals surface area contributed by atoms with Crippen LogP contribution in [0.25, 0.3) is 16.9 Å². The molecule has 0 unspecified atom stereocenters. The first-order chi connectivity index (χ1) is 9.60. The Morgan fingerprint density at radius 3 is 2.65 bits per heavy atom. The van der Waals surface area contributed by atoms with Crippen molar-refractivity contribution in [2.24, 2.45) is 0 Å². The Hall–Kier alpha value is -2.70. The van der Waals surface area contributed by atoms with E-state index in [0.29, 0.717) is 22.7 Å². The molecule has 0 aliphatic carbocycles. The number of ether oxygens (including phenoxy) is 1. The highest BCUT2D eigenvalue weighted by molar-refractivity contribution is 5.67. The number of anilines is 1. The van der Waals surface area contributed by atoms with E-state index in [0.717, 1.165) is 12.1 Å². The van der Waals surface area contributed by atoms with Gasteiger partial charge in [0.25, 0.3) is 0 Å². The van der Waals surface area contributed by atoms with Crippen molar-refractivity contribution in [2.45, 2.75) is 0 Å². The van der Waals surface area contributed by atoms with E-state index in [2.05, 4.69) is 10.1 Å². The summed E-state index contributed by atoms with van der Waals surface area (Å²) in [6.45, 7) is 0. The molecule has 102 valence electrons. The predicted octanol–water partition coefficient (Wildman–Crippen LogP) is 2.27. The number of halogens is 2. The van der Waals surface area contributed by atoms with Gasteiger partial charge in [0, 0.05) is 5.56 Å². The van der Waals surface area contributed by atoms with Crippen molar-refractivity contribution >= 4 is 11.6 Å². The van der Waals surface area contributed by atoms with E-state index in [4.69, 9.17) is 10.5 Å². The van der Waals surface area contributed by atoms with Crippen molar-refractivity contribution in [1.82, 2.24) is 14.6 Å². The van der Waals surface area contributed by atoms with E-state index in [1.54, 1.807) is 12.1 Å². The number of nitrogens with two attached hydrogens (primary N) is 1. The number of nitrogen functional groups attached to an aromatic ring is 1. The summed E-state index contributed by atoms with van der Waals surface area (Å²) in [4.78, 5) is 4.05. The molecule has 2 aromatic heterocycles. The number of hydrogen-bond donors (Lipinski definition) is 1. The Kier molecular flexibility index (Phi) is 2.74. The third-order valence-corrected chi connectivity index (χ3v) is 2.90. The number of hydrogen-bond acceptors (Lipinski definition) is 4. The van der Waals surface area contributed by atoms with E-state index < -0.39 is 11.6 Å². The van der Waals surface area contributed by atoms with Crippen LogP contribution >= 0.6 is 0 Å². The molecule has 0 fully saturated rings. The van der Waals surface area contributed by atoms with Gasteiger partial charge >= 0.3 is 0 Å². The van der Waals surface area contributed by atoms with Gasteiger partial charge in [-0.05, 0) is 30.3 Å². The molecule has 0 aliphatic rings. The van der Waals surface area contributed by atoms with Gasteiger partial charge in [0.15, 0.2) is 23.0 Å². The maximum Gasteiger partial charge on any atom is 0.240 e. The standard InChI is InChI=1S/C13H10F2N4O/c1-20-11-5-4-10(19-12(11)17-13(16)18-19)7-2-3-8(14)9(15)6-7/h2-6H,1H3,(H2,16,18). The second kappa shape index (κ2) is 4.44. The second-order valence-corrected chi connectivity index (χ2v) is 4.12. The Morgan fingerprint density at radius 2 is 1.95 bits per heavy atom. The first kappa shape index (κ1) is 12.3. The van der Waals surface area contributed by atoms with E-state index in [9.17, 15) is 8.78 Å². The highest BCUT2D eigenvalue weighted by Gasteiger charge is 2.13. The van der Waals surface area contributed by atoms with Crippen LogP contribution in [0.15, 0.2) is 30.3 Å². The molecule has 5 nitrogen and oxygen atoms in total. The fraction of sp³-hybridized carbons (Fsp3) is 0.0769. The number of pyridine rings is 1. The Bertz CT molecular complexity index is 800. The van der Waals surface area contributed by atoms with Crippen LogP contribution in [-0.2, 0) is 0 Å². The van der Waals surface area contributed by atoms with Crippen LogP contribution in [0.5, 0.6) is 5.75 Å². The highest BCUT2D eigenvalue weighted by Crippen LogP contribution is 2.27. The summed E-state index contributed by atoms with van der Waals surface area (Å²) in [7, 11) is 1.50. The largest absolute Gasteiger partial charge is 0.493 e. The lowest BCUT2D eigenvalue weighted by atomic mass is 10.1. The molecule has 2 N–H and O–H groups in total. The lowest BCUT2D eigenvalue weighted by Crippen LogP contribution is -1.98. The van der Waals surface area contributed by atoms with Crippen molar-refractivity contribution in [1.29, 1.82) is 0 Å². The minimum atomic E-state index is -0.931. The highest BCUT2D eigenvalue weighted by atomic mass is 19.2. The number of methoxy groups -OCH3 is 1. The summed E-state index contributed by atoms with van der Waals surface area (Å²) in [5.41, 5.74) is 6.98. The number of rotatable bonds is 2. The van der Waals surface area contributed by atoms with Gasteiger partial charge in [-0.15, -0.1) is 5.10 Å². The maximum atomic E-state index is 13.3. The number of nitrogens with zero attached hydrogens (tertiary/aromatic N) is 3. The first-order valence-electron chi connectivity index (χ1n) is 5.75. The molecule has 0 saturated carbocycles. The van der Waals surface area contributed by atoms with Gasteiger partial charge in [0.1, 0.15) is 0 Å². The molecule has 0 aliphatic heterocycles. The van der Waals surface area contributed by atoms with Gasteiger partial charge < -0.3 is 10.5 Å².